The summed E-state index contributed by atoms with van der Waals surface area (Å²) in [5.74, 6) is -1.56. The molecule has 274 valence electrons. The van der Waals surface area contributed by atoms with Gasteiger partial charge in [0.2, 0.25) is 23.6 Å². The lowest BCUT2D eigenvalue weighted by atomic mass is 9.88. The highest BCUT2D eigenvalue weighted by molar-refractivity contribution is 6.01. The predicted molar refractivity (Wildman–Crippen MR) is 199 cm³/mol. The molecule has 11 nitrogen and oxygen atoms in total. The van der Waals surface area contributed by atoms with Crippen molar-refractivity contribution in [3.05, 3.63) is 88.6 Å². The number of amides is 2. The fourth-order valence-corrected chi connectivity index (χ4v) is 7.64. The van der Waals surface area contributed by atoms with Crippen molar-refractivity contribution in [3.63, 3.8) is 0 Å². The van der Waals surface area contributed by atoms with Crippen LogP contribution < -0.4 is 16.0 Å². The maximum absolute atomic E-state index is 15.4. The van der Waals surface area contributed by atoms with Crippen LogP contribution in [0.5, 0.6) is 11.8 Å². The number of halogens is 1. The second kappa shape index (κ2) is 14.0. The van der Waals surface area contributed by atoms with Gasteiger partial charge in [-0.1, -0.05) is 36.3 Å². The van der Waals surface area contributed by atoms with Crippen LogP contribution in [0.2, 0.25) is 0 Å². The number of fused-ring (bicyclic) bond motifs is 1. The first-order valence-corrected chi connectivity index (χ1v) is 18.0. The lowest BCUT2D eigenvalue weighted by molar-refractivity contribution is -0.135. The summed E-state index contributed by atoms with van der Waals surface area (Å²) in [6.07, 6.45) is 3.37. The van der Waals surface area contributed by atoms with Gasteiger partial charge in [0.15, 0.2) is 0 Å². The van der Waals surface area contributed by atoms with Gasteiger partial charge in [0.1, 0.15) is 17.6 Å². The molecule has 1 saturated carbocycles. The van der Waals surface area contributed by atoms with Crippen LogP contribution in [0.4, 0.5) is 15.8 Å². The average molecular weight is 719 g/mol. The Hall–Kier alpha value is -5.83. The molecule has 0 bridgehead atoms. The van der Waals surface area contributed by atoms with Crippen LogP contribution in [-0.2, 0) is 15.0 Å². The highest BCUT2D eigenvalue weighted by Crippen LogP contribution is 2.48. The molecule has 0 spiro atoms. The molecule has 3 atom stereocenters. The summed E-state index contributed by atoms with van der Waals surface area (Å²) >= 11 is 0. The van der Waals surface area contributed by atoms with E-state index in [0.29, 0.717) is 13.0 Å². The summed E-state index contributed by atoms with van der Waals surface area (Å²) in [6.45, 7) is 8.53. The zero-order valence-electron chi connectivity index (χ0n) is 30.2. The molecule has 2 aromatic heterocycles. The van der Waals surface area contributed by atoms with Crippen molar-refractivity contribution < 1.29 is 28.7 Å². The molecule has 2 aliphatic rings. The van der Waals surface area contributed by atoms with Gasteiger partial charge in [-0.3, -0.25) is 19.5 Å². The number of carbonyl (C=O) groups excluding carboxylic acids is 2. The van der Waals surface area contributed by atoms with E-state index in [2.05, 4.69) is 59.2 Å². The van der Waals surface area contributed by atoms with Gasteiger partial charge in [-0.15, -0.1) is 0 Å². The van der Waals surface area contributed by atoms with E-state index in [0.717, 1.165) is 74.9 Å². The van der Waals surface area contributed by atoms with Gasteiger partial charge in [-0.2, -0.15) is 5.26 Å². The van der Waals surface area contributed by atoms with Crippen molar-refractivity contribution in [2.45, 2.75) is 83.7 Å². The molecule has 12 heteroatoms. The van der Waals surface area contributed by atoms with E-state index < -0.39 is 29.6 Å². The van der Waals surface area contributed by atoms with E-state index in [1.807, 2.05) is 38.1 Å². The molecule has 1 aliphatic heterocycles. The number of piperidine rings is 1. The Labute approximate surface area is 306 Å². The number of imide groups is 1. The molecule has 1 aliphatic carbocycles. The van der Waals surface area contributed by atoms with Gasteiger partial charge in [-0.25, -0.2) is 4.39 Å². The Kier molecular flexibility index (Phi) is 9.36. The van der Waals surface area contributed by atoms with Crippen molar-refractivity contribution in [2.75, 3.05) is 17.2 Å². The van der Waals surface area contributed by atoms with E-state index >= 15 is 4.39 Å². The molecular weight excluding hydrogens is 675 g/mol. The van der Waals surface area contributed by atoms with Crippen molar-refractivity contribution in [2.24, 2.45) is 5.92 Å². The Morgan fingerprint density at radius 3 is 2.43 bits per heavy atom. The number of aryl methyl sites for hydroxylation is 3. The largest absolute Gasteiger partial charge is 0.494 e. The van der Waals surface area contributed by atoms with Crippen LogP contribution >= 0.6 is 0 Å². The van der Waals surface area contributed by atoms with Gasteiger partial charge in [0, 0.05) is 29.6 Å². The van der Waals surface area contributed by atoms with Gasteiger partial charge in [-0.05, 0) is 111 Å². The van der Waals surface area contributed by atoms with E-state index in [-0.39, 0.29) is 52.6 Å². The van der Waals surface area contributed by atoms with Crippen LogP contribution in [0, 0.1) is 43.8 Å². The number of aromatic hydroxyl groups is 2. The highest BCUT2D eigenvalue weighted by Gasteiger charge is 2.44. The maximum Gasteiger partial charge on any atom is 0.249 e. The van der Waals surface area contributed by atoms with Crippen molar-refractivity contribution in [3.8, 4) is 29.0 Å². The Balaban J connectivity index is 1.10. The minimum Gasteiger partial charge on any atom is -0.494 e. The van der Waals surface area contributed by atoms with Crippen LogP contribution in [0.25, 0.3) is 21.9 Å². The number of rotatable bonds is 12. The SMILES string of the molecule is Cc1ccc(-c2c(C)noc2C)cc1C(CC(C)CCNc1cc2c(O)n(C3CCC(=O)NC3=O)c(O)c2cc1F)Nc1ccc(C2(C#N)CC2)cc1. The third kappa shape index (κ3) is 6.79. The highest BCUT2D eigenvalue weighted by atomic mass is 19.1. The second-order valence-corrected chi connectivity index (χ2v) is 14.7. The Morgan fingerprint density at radius 1 is 1.08 bits per heavy atom. The number of benzene rings is 3. The van der Waals surface area contributed by atoms with Gasteiger partial charge >= 0.3 is 0 Å². The molecule has 5 aromatic rings. The summed E-state index contributed by atoms with van der Waals surface area (Å²) in [6, 6.07) is 18.5. The molecule has 7 rings (SSSR count). The minimum absolute atomic E-state index is 0.0566. The minimum atomic E-state index is -0.999. The molecule has 1 saturated heterocycles. The lowest BCUT2D eigenvalue weighted by Crippen LogP contribution is -2.41. The fraction of sp³-hybridized carbons (Fsp3) is 0.366. The Bertz CT molecular complexity index is 2250. The summed E-state index contributed by atoms with van der Waals surface area (Å²) in [5, 5.41) is 45.2. The average Bonchev–Trinajstić information content (AvgIpc) is 3.81. The first-order chi connectivity index (χ1) is 25.4. The standard InChI is InChI=1S/C41H43FN6O5/c1-22(13-16-44-34-20-31-30(19-32(34)42)39(51)48(40(31)52)35-11-12-36(49)46-38(35)50)17-33(45-28-9-7-27(8-10-28)41(21-43)14-15-41)29-18-26(6-5-23(29)2)37-24(3)47-53-25(37)4/h5-10,18-20,22,33,35,44-45,51-52H,11-17H2,1-4H3,(H,46,49,50). The van der Waals surface area contributed by atoms with Crippen molar-refractivity contribution in [1.29, 1.82) is 5.26 Å². The maximum atomic E-state index is 15.4. The normalized spacial score (nSPS) is 17.6. The number of nitrogens with one attached hydrogen (secondary N) is 3. The first-order valence-electron chi connectivity index (χ1n) is 18.0. The van der Waals surface area contributed by atoms with Crippen LogP contribution in [0.15, 0.2) is 59.1 Å². The first kappa shape index (κ1) is 35.6. The van der Waals surface area contributed by atoms with Gasteiger partial charge in [0.05, 0.1) is 34.3 Å². The molecule has 2 amide bonds. The molecule has 5 N–H and O–H groups in total. The van der Waals surface area contributed by atoms with E-state index in [4.69, 9.17) is 4.52 Å². The third-order valence-corrected chi connectivity index (χ3v) is 10.9. The quantitative estimate of drug-likeness (QED) is 0.0804. The monoisotopic (exact) mass is 718 g/mol. The summed E-state index contributed by atoms with van der Waals surface area (Å²) in [7, 11) is 0. The molecule has 3 heterocycles. The van der Waals surface area contributed by atoms with Crippen LogP contribution in [-0.4, -0.2) is 38.3 Å². The number of nitrogens with zero attached hydrogens (tertiary/aromatic N) is 3. The molecule has 3 unspecified atom stereocenters. The third-order valence-electron chi connectivity index (χ3n) is 10.9. The number of hydrogen-bond donors (Lipinski definition) is 5. The molecule has 3 aromatic carbocycles. The number of anilines is 2. The van der Waals surface area contributed by atoms with Crippen molar-refractivity contribution in [1.82, 2.24) is 15.0 Å². The number of nitriles is 1. The number of hydrogen-bond acceptors (Lipinski definition) is 9. The lowest BCUT2D eigenvalue weighted by Gasteiger charge is -2.26. The molecular formula is C41H43FN6O5. The molecule has 2 fully saturated rings. The molecule has 53 heavy (non-hydrogen) atoms. The van der Waals surface area contributed by atoms with Gasteiger partial charge in [0.25, 0.3) is 0 Å². The number of carbonyl (C=O) groups is 2. The van der Waals surface area contributed by atoms with E-state index in [1.165, 1.54) is 6.07 Å². The predicted octanol–water partition coefficient (Wildman–Crippen LogP) is 7.99. The number of aromatic nitrogens is 2. The summed E-state index contributed by atoms with van der Waals surface area (Å²) in [5.41, 5.74) is 6.87. The van der Waals surface area contributed by atoms with Crippen molar-refractivity contribution >= 4 is 34.0 Å². The zero-order valence-corrected chi connectivity index (χ0v) is 30.2. The van der Waals surface area contributed by atoms with Crippen LogP contribution in [0.1, 0.15) is 85.7 Å². The molecule has 0 radical (unpaired) electrons. The fourth-order valence-electron chi connectivity index (χ4n) is 7.64. The summed E-state index contributed by atoms with van der Waals surface area (Å²) in [4.78, 5) is 24.1. The zero-order chi connectivity index (χ0) is 37.6. The Morgan fingerprint density at radius 2 is 1.79 bits per heavy atom. The van der Waals surface area contributed by atoms with Gasteiger partial charge < -0.3 is 25.4 Å². The van der Waals surface area contributed by atoms with E-state index in [1.54, 1.807) is 0 Å². The van der Waals surface area contributed by atoms with E-state index in [9.17, 15) is 25.1 Å². The smallest absolute Gasteiger partial charge is 0.249 e. The summed E-state index contributed by atoms with van der Waals surface area (Å²) < 4.78 is 21.9. The topological polar surface area (TPSA) is 165 Å². The second-order valence-electron chi connectivity index (χ2n) is 14.7. The van der Waals surface area contributed by atoms with Crippen LogP contribution in [0.3, 0.4) is 0 Å².